The van der Waals surface area contributed by atoms with Crippen LogP contribution < -0.4 is 14.2 Å². The highest BCUT2D eigenvalue weighted by molar-refractivity contribution is 6.12. The largest absolute Gasteiger partial charge is 0.485 e. The summed E-state index contributed by atoms with van der Waals surface area (Å²) >= 11 is 0. The number of hydrogen-bond acceptors (Lipinski definition) is 6. The van der Waals surface area contributed by atoms with E-state index in [1.54, 1.807) is 24.3 Å². The Morgan fingerprint density at radius 3 is 2.77 bits per heavy atom. The molecule has 5 rings (SSSR count). The fourth-order valence-corrected chi connectivity index (χ4v) is 3.36. The van der Waals surface area contributed by atoms with Crippen molar-refractivity contribution in [3.05, 3.63) is 95.2 Å². The number of hydrogen-bond donors (Lipinski definition) is 0. The number of carbonyl (C=O) groups excluding carboxylic acids is 2. The second kappa shape index (κ2) is 7.08. The molecule has 0 fully saturated rings. The van der Waals surface area contributed by atoms with Crippen LogP contribution in [0.2, 0.25) is 0 Å². The van der Waals surface area contributed by atoms with Crippen molar-refractivity contribution in [3.8, 4) is 17.2 Å². The quantitative estimate of drug-likeness (QED) is 0.356. The van der Waals surface area contributed by atoms with Gasteiger partial charge < -0.3 is 18.6 Å². The summed E-state index contributed by atoms with van der Waals surface area (Å²) in [5.41, 5.74) is 2.18. The van der Waals surface area contributed by atoms with E-state index >= 15 is 0 Å². The average molecular weight is 400 g/mol. The van der Waals surface area contributed by atoms with Crippen molar-refractivity contribution in [2.24, 2.45) is 0 Å². The van der Waals surface area contributed by atoms with E-state index < -0.39 is 5.97 Å². The van der Waals surface area contributed by atoms with Crippen molar-refractivity contribution in [1.29, 1.82) is 0 Å². The zero-order valence-electron chi connectivity index (χ0n) is 16.0. The summed E-state index contributed by atoms with van der Waals surface area (Å²) in [7, 11) is 0. The Balaban J connectivity index is 1.40. The summed E-state index contributed by atoms with van der Waals surface area (Å²) < 4.78 is 22.0. The molecule has 0 N–H and O–H groups in total. The van der Waals surface area contributed by atoms with Crippen LogP contribution in [0.5, 0.6) is 17.2 Å². The standard InChI is InChI=1S/C24H16O6/c1-14-16(11-15-5-2-3-6-19(15)28-14)12-22-23(25)18-9-8-17(13-21(18)30-22)29-24(26)20-7-4-10-27-20/h2-14H,1H3/b22-12-. The monoisotopic (exact) mass is 400 g/mol. The van der Waals surface area contributed by atoms with Crippen LogP contribution in [0.1, 0.15) is 33.4 Å². The summed E-state index contributed by atoms with van der Waals surface area (Å²) in [6.45, 7) is 1.91. The Labute approximate surface area is 172 Å². The van der Waals surface area contributed by atoms with Gasteiger partial charge in [-0.15, -0.1) is 0 Å². The summed E-state index contributed by atoms with van der Waals surface area (Å²) in [6.07, 6.45) is 4.84. The topological polar surface area (TPSA) is 75.0 Å². The van der Waals surface area contributed by atoms with Crippen LogP contribution in [0.25, 0.3) is 6.08 Å². The summed E-state index contributed by atoms with van der Waals surface area (Å²) in [4.78, 5) is 24.8. The molecule has 148 valence electrons. The molecule has 0 aliphatic carbocycles. The molecule has 0 saturated heterocycles. The van der Waals surface area contributed by atoms with Gasteiger partial charge in [0, 0.05) is 11.6 Å². The molecule has 1 aromatic heterocycles. The number of Topliss-reactive ketones (excluding diaryl/α,β-unsaturated/α-hetero) is 1. The number of rotatable bonds is 3. The normalized spacial score (nSPS) is 18.2. The third-order valence-corrected chi connectivity index (χ3v) is 4.89. The number of allylic oxidation sites excluding steroid dienone is 1. The van der Waals surface area contributed by atoms with E-state index in [2.05, 4.69) is 0 Å². The molecule has 1 atom stereocenters. The second-order valence-electron chi connectivity index (χ2n) is 6.91. The van der Waals surface area contributed by atoms with Gasteiger partial charge in [-0.3, -0.25) is 4.79 Å². The minimum atomic E-state index is -0.628. The SMILES string of the molecule is CC1Oc2ccccc2C=C1/C=C1\Oc2cc(OC(=O)c3ccco3)ccc2C1=O. The Morgan fingerprint density at radius 2 is 1.93 bits per heavy atom. The van der Waals surface area contributed by atoms with Gasteiger partial charge in [-0.05, 0) is 55.0 Å². The van der Waals surface area contributed by atoms with Crippen molar-refractivity contribution in [1.82, 2.24) is 0 Å². The number of para-hydroxylation sites is 1. The Bertz CT molecular complexity index is 1220. The van der Waals surface area contributed by atoms with Gasteiger partial charge in [-0.25, -0.2) is 4.79 Å². The van der Waals surface area contributed by atoms with Crippen LogP contribution in [-0.4, -0.2) is 17.9 Å². The summed E-state index contributed by atoms with van der Waals surface area (Å²) in [6, 6.07) is 15.4. The van der Waals surface area contributed by atoms with Crippen LogP contribution >= 0.6 is 0 Å². The molecule has 0 radical (unpaired) electrons. The molecule has 3 heterocycles. The highest BCUT2D eigenvalue weighted by Gasteiger charge is 2.29. The highest BCUT2D eigenvalue weighted by atomic mass is 16.5. The second-order valence-corrected chi connectivity index (χ2v) is 6.91. The van der Waals surface area contributed by atoms with E-state index in [-0.39, 0.29) is 29.2 Å². The van der Waals surface area contributed by atoms with Gasteiger partial charge in [0.25, 0.3) is 0 Å². The van der Waals surface area contributed by atoms with Gasteiger partial charge in [0.2, 0.25) is 11.5 Å². The zero-order valence-corrected chi connectivity index (χ0v) is 16.0. The minimum Gasteiger partial charge on any atom is -0.485 e. The molecule has 1 unspecified atom stereocenters. The molecule has 2 aliphatic rings. The third-order valence-electron chi connectivity index (χ3n) is 4.89. The molecule has 2 aliphatic heterocycles. The van der Waals surface area contributed by atoms with E-state index in [9.17, 15) is 9.59 Å². The van der Waals surface area contributed by atoms with Crippen molar-refractivity contribution < 1.29 is 28.2 Å². The van der Waals surface area contributed by atoms with Crippen LogP contribution in [0, 0.1) is 0 Å². The first kappa shape index (κ1) is 18.0. The highest BCUT2D eigenvalue weighted by Crippen LogP contribution is 2.36. The Hall–Kier alpha value is -4.06. The lowest BCUT2D eigenvalue weighted by molar-refractivity contribution is 0.0701. The van der Waals surface area contributed by atoms with E-state index in [0.29, 0.717) is 11.3 Å². The molecule has 2 aromatic carbocycles. The van der Waals surface area contributed by atoms with Gasteiger partial charge in [-0.2, -0.15) is 0 Å². The number of ketones is 1. The lowest BCUT2D eigenvalue weighted by Gasteiger charge is -2.22. The molecule has 3 aromatic rings. The average Bonchev–Trinajstić information content (AvgIpc) is 3.38. The lowest BCUT2D eigenvalue weighted by atomic mass is 10.0. The first-order chi connectivity index (χ1) is 14.6. The van der Waals surface area contributed by atoms with Crippen LogP contribution in [0.15, 0.2) is 82.7 Å². The van der Waals surface area contributed by atoms with E-state index in [1.165, 1.54) is 18.4 Å². The van der Waals surface area contributed by atoms with Gasteiger partial charge in [0.15, 0.2) is 5.76 Å². The lowest BCUT2D eigenvalue weighted by Crippen LogP contribution is -2.18. The van der Waals surface area contributed by atoms with Crippen molar-refractivity contribution in [2.75, 3.05) is 0 Å². The maximum absolute atomic E-state index is 12.8. The number of furan rings is 1. The molecule has 0 saturated carbocycles. The molecular formula is C24H16O6. The van der Waals surface area contributed by atoms with Crippen LogP contribution in [0.3, 0.4) is 0 Å². The molecule has 6 nitrogen and oxygen atoms in total. The van der Waals surface area contributed by atoms with E-state index in [0.717, 1.165) is 16.9 Å². The van der Waals surface area contributed by atoms with Gasteiger partial charge in [-0.1, -0.05) is 18.2 Å². The van der Waals surface area contributed by atoms with Crippen LogP contribution in [0.4, 0.5) is 0 Å². The summed E-state index contributed by atoms with van der Waals surface area (Å²) in [5, 5.41) is 0. The zero-order chi connectivity index (χ0) is 20.7. The van der Waals surface area contributed by atoms with Crippen molar-refractivity contribution in [2.45, 2.75) is 13.0 Å². The fourth-order valence-electron chi connectivity index (χ4n) is 3.36. The predicted octanol–water partition coefficient (Wildman–Crippen LogP) is 4.82. The molecular weight excluding hydrogens is 384 g/mol. The molecule has 0 bridgehead atoms. The first-order valence-electron chi connectivity index (χ1n) is 9.40. The maximum Gasteiger partial charge on any atom is 0.379 e. The molecule has 30 heavy (non-hydrogen) atoms. The number of esters is 1. The number of carbonyl (C=O) groups is 2. The number of benzene rings is 2. The molecule has 0 amide bonds. The van der Waals surface area contributed by atoms with Gasteiger partial charge in [0.1, 0.15) is 23.4 Å². The first-order valence-corrected chi connectivity index (χ1v) is 9.40. The van der Waals surface area contributed by atoms with Gasteiger partial charge >= 0.3 is 5.97 Å². The Kier molecular flexibility index (Phi) is 4.25. The Morgan fingerprint density at radius 1 is 1.07 bits per heavy atom. The number of fused-ring (bicyclic) bond motifs is 2. The summed E-state index contributed by atoms with van der Waals surface area (Å²) in [5.74, 6) is 0.815. The smallest absolute Gasteiger partial charge is 0.379 e. The maximum atomic E-state index is 12.8. The van der Waals surface area contributed by atoms with Crippen molar-refractivity contribution in [3.63, 3.8) is 0 Å². The van der Waals surface area contributed by atoms with E-state index in [1.807, 2.05) is 37.3 Å². The van der Waals surface area contributed by atoms with Crippen LogP contribution in [-0.2, 0) is 0 Å². The predicted molar refractivity (Wildman–Crippen MR) is 108 cm³/mol. The number of ether oxygens (including phenoxy) is 3. The molecule has 6 heteroatoms. The third kappa shape index (κ3) is 3.18. The van der Waals surface area contributed by atoms with Crippen molar-refractivity contribution >= 4 is 17.8 Å². The van der Waals surface area contributed by atoms with E-state index in [4.69, 9.17) is 18.6 Å². The minimum absolute atomic E-state index is 0.0894. The van der Waals surface area contributed by atoms with Gasteiger partial charge in [0.05, 0.1) is 11.8 Å². The fraction of sp³-hybridized carbons (Fsp3) is 0.0833. The molecule has 0 spiro atoms.